The first-order valence-corrected chi connectivity index (χ1v) is 6.19. The fourth-order valence-corrected chi connectivity index (χ4v) is 1.85. The van der Waals surface area contributed by atoms with E-state index in [0.29, 0.717) is 6.42 Å². The van der Waals surface area contributed by atoms with E-state index in [4.69, 9.17) is 0 Å². The summed E-state index contributed by atoms with van der Waals surface area (Å²) in [6, 6.07) is 0. The number of nitrogens with one attached hydrogen (secondary N) is 1. The first kappa shape index (κ1) is 12.9. The van der Waals surface area contributed by atoms with Crippen molar-refractivity contribution in [1.29, 1.82) is 0 Å². The molecule has 1 atom stereocenters. The fourth-order valence-electron chi connectivity index (χ4n) is 1.85. The second kappa shape index (κ2) is 6.46. The number of carbonyl (C=O) groups is 2. The van der Waals surface area contributed by atoms with Gasteiger partial charge in [0.15, 0.2) is 0 Å². The zero-order chi connectivity index (χ0) is 12.0. The fraction of sp³-hybridized carbons (Fsp3) is 0.692. The summed E-state index contributed by atoms with van der Waals surface area (Å²) in [7, 11) is 0. The van der Waals surface area contributed by atoms with Crippen molar-refractivity contribution < 1.29 is 9.59 Å². The molecule has 0 aromatic heterocycles. The third-order valence-corrected chi connectivity index (χ3v) is 2.95. The van der Waals surface area contributed by atoms with Crippen LogP contribution < -0.4 is 5.32 Å². The highest BCUT2D eigenvalue weighted by Crippen LogP contribution is 2.18. The van der Waals surface area contributed by atoms with E-state index in [-0.39, 0.29) is 17.7 Å². The molecule has 3 heteroatoms. The SMILES string of the molecule is CCCCCC/C=C1\CC(C)C(=O)NC1=O. The molecule has 16 heavy (non-hydrogen) atoms. The lowest BCUT2D eigenvalue weighted by Gasteiger charge is -2.19. The molecular formula is C13H21NO2. The van der Waals surface area contributed by atoms with Gasteiger partial charge in [0, 0.05) is 11.5 Å². The molecule has 1 saturated heterocycles. The lowest BCUT2D eigenvalue weighted by molar-refractivity contribution is -0.133. The number of rotatable bonds is 5. The molecule has 0 aromatic rings. The maximum Gasteiger partial charge on any atom is 0.253 e. The van der Waals surface area contributed by atoms with Crippen molar-refractivity contribution in [3.05, 3.63) is 11.6 Å². The summed E-state index contributed by atoms with van der Waals surface area (Å²) in [5.74, 6) is -0.411. The Morgan fingerprint density at radius 1 is 1.31 bits per heavy atom. The summed E-state index contributed by atoms with van der Waals surface area (Å²) >= 11 is 0. The Kier molecular flexibility index (Phi) is 5.23. The van der Waals surface area contributed by atoms with E-state index >= 15 is 0 Å². The highest BCUT2D eigenvalue weighted by Gasteiger charge is 2.26. The minimum Gasteiger partial charge on any atom is -0.292 e. The van der Waals surface area contributed by atoms with Gasteiger partial charge in [-0.1, -0.05) is 39.2 Å². The highest BCUT2D eigenvalue weighted by molar-refractivity contribution is 6.07. The smallest absolute Gasteiger partial charge is 0.253 e. The predicted octanol–water partition coefficient (Wildman–Crippen LogP) is 2.57. The molecule has 0 spiro atoms. The van der Waals surface area contributed by atoms with Crippen LogP contribution in [0, 0.1) is 5.92 Å². The van der Waals surface area contributed by atoms with Gasteiger partial charge in [0.2, 0.25) is 5.91 Å². The summed E-state index contributed by atoms with van der Waals surface area (Å²) in [5.41, 5.74) is 0.781. The summed E-state index contributed by atoms with van der Waals surface area (Å²) in [4.78, 5) is 22.7. The summed E-state index contributed by atoms with van der Waals surface area (Å²) in [5, 5.41) is 2.39. The molecule has 1 rings (SSSR count). The number of imide groups is 1. The Morgan fingerprint density at radius 3 is 2.75 bits per heavy atom. The van der Waals surface area contributed by atoms with Crippen molar-refractivity contribution in [2.75, 3.05) is 0 Å². The summed E-state index contributed by atoms with van der Waals surface area (Å²) < 4.78 is 0. The number of amides is 2. The van der Waals surface area contributed by atoms with Crippen LogP contribution in [0.15, 0.2) is 11.6 Å². The van der Waals surface area contributed by atoms with Crippen LogP contribution in [-0.2, 0) is 9.59 Å². The molecule has 3 nitrogen and oxygen atoms in total. The standard InChI is InChI=1S/C13H21NO2/c1-3-4-5-6-7-8-11-9-10(2)12(15)14-13(11)16/h8,10H,3-7,9H2,1-2H3,(H,14,15,16)/b11-8+. The normalized spacial score (nSPS) is 23.6. The molecule has 0 bridgehead atoms. The number of hydrogen-bond acceptors (Lipinski definition) is 2. The Labute approximate surface area is 97.3 Å². The third-order valence-electron chi connectivity index (χ3n) is 2.95. The summed E-state index contributed by atoms with van der Waals surface area (Å²) in [6.07, 6.45) is 8.37. The maximum atomic E-state index is 11.5. The highest BCUT2D eigenvalue weighted by atomic mass is 16.2. The van der Waals surface area contributed by atoms with Crippen molar-refractivity contribution in [2.24, 2.45) is 5.92 Å². The lowest BCUT2D eigenvalue weighted by atomic mass is 9.94. The van der Waals surface area contributed by atoms with E-state index in [2.05, 4.69) is 12.2 Å². The largest absolute Gasteiger partial charge is 0.292 e. The van der Waals surface area contributed by atoms with Crippen LogP contribution >= 0.6 is 0 Å². The molecule has 90 valence electrons. The molecule has 1 unspecified atom stereocenters. The van der Waals surface area contributed by atoms with Crippen molar-refractivity contribution in [1.82, 2.24) is 5.32 Å². The minimum absolute atomic E-state index is 0.0698. The zero-order valence-electron chi connectivity index (χ0n) is 10.2. The average molecular weight is 223 g/mol. The van der Waals surface area contributed by atoms with Crippen LogP contribution in [0.25, 0.3) is 0 Å². The predicted molar refractivity (Wildman–Crippen MR) is 63.8 cm³/mol. The Balaban J connectivity index is 2.37. The van der Waals surface area contributed by atoms with Gasteiger partial charge in [0.25, 0.3) is 5.91 Å². The van der Waals surface area contributed by atoms with E-state index in [1.54, 1.807) is 0 Å². The molecule has 1 heterocycles. The van der Waals surface area contributed by atoms with Crippen LogP contribution in [0.4, 0.5) is 0 Å². The van der Waals surface area contributed by atoms with E-state index in [9.17, 15) is 9.59 Å². The molecule has 0 saturated carbocycles. The van der Waals surface area contributed by atoms with Gasteiger partial charge in [-0.15, -0.1) is 0 Å². The van der Waals surface area contributed by atoms with E-state index in [0.717, 1.165) is 18.4 Å². The second-order valence-electron chi connectivity index (χ2n) is 4.50. The number of allylic oxidation sites excluding steroid dienone is 1. The first-order valence-electron chi connectivity index (χ1n) is 6.19. The van der Waals surface area contributed by atoms with Crippen molar-refractivity contribution in [3.63, 3.8) is 0 Å². The van der Waals surface area contributed by atoms with Gasteiger partial charge in [0.1, 0.15) is 0 Å². The zero-order valence-corrected chi connectivity index (χ0v) is 10.2. The molecule has 0 radical (unpaired) electrons. The van der Waals surface area contributed by atoms with Crippen molar-refractivity contribution in [3.8, 4) is 0 Å². The molecule has 2 amide bonds. The lowest BCUT2D eigenvalue weighted by Crippen LogP contribution is -2.41. The monoisotopic (exact) mass is 223 g/mol. The second-order valence-corrected chi connectivity index (χ2v) is 4.50. The number of carbonyl (C=O) groups excluding carboxylic acids is 2. The van der Waals surface area contributed by atoms with Gasteiger partial charge in [-0.3, -0.25) is 14.9 Å². The molecule has 0 aromatic carbocycles. The Bertz CT molecular complexity index is 294. The van der Waals surface area contributed by atoms with Crippen LogP contribution in [-0.4, -0.2) is 11.8 Å². The van der Waals surface area contributed by atoms with Crippen LogP contribution in [0.3, 0.4) is 0 Å². The van der Waals surface area contributed by atoms with E-state index in [1.807, 2.05) is 13.0 Å². The topological polar surface area (TPSA) is 46.2 Å². The molecule has 1 fully saturated rings. The van der Waals surface area contributed by atoms with Gasteiger partial charge in [-0.2, -0.15) is 0 Å². The van der Waals surface area contributed by atoms with Gasteiger partial charge in [0.05, 0.1) is 0 Å². The van der Waals surface area contributed by atoms with Crippen LogP contribution in [0.2, 0.25) is 0 Å². The van der Waals surface area contributed by atoms with E-state index in [1.165, 1.54) is 19.3 Å². The van der Waals surface area contributed by atoms with Crippen LogP contribution in [0.5, 0.6) is 0 Å². The van der Waals surface area contributed by atoms with Crippen LogP contribution in [0.1, 0.15) is 52.4 Å². The maximum absolute atomic E-state index is 11.5. The van der Waals surface area contributed by atoms with Gasteiger partial charge >= 0.3 is 0 Å². The van der Waals surface area contributed by atoms with E-state index < -0.39 is 0 Å². The van der Waals surface area contributed by atoms with Crippen molar-refractivity contribution in [2.45, 2.75) is 52.4 Å². The number of piperidine rings is 1. The van der Waals surface area contributed by atoms with Gasteiger partial charge in [-0.05, 0) is 19.3 Å². The van der Waals surface area contributed by atoms with Gasteiger partial charge in [-0.25, -0.2) is 0 Å². The molecule has 0 aliphatic carbocycles. The third kappa shape index (κ3) is 3.80. The molecule has 1 N–H and O–H groups in total. The molecule has 1 aliphatic heterocycles. The Morgan fingerprint density at radius 2 is 2.06 bits per heavy atom. The molecule has 1 aliphatic rings. The number of hydrogen-bond donors (Lipinski definition) is 1. The Hall–Kier alpha value is -1.12. The summed E-state index contributed by atoms with van der Waals surface area (Å²) in [6.45, 7) is 4.03. The quantitative estimate of drug-likeness (QED) is 0.442. The average Bonchev–Trinajstić information content (AvgIpc) is 2.25. The molecular weight excluding hydrogens is 202 g/mol. The number of unbranched alkanes of at least 4 members (excludes halogenated alkanes) is 4. The first-order chi connectivity index (χ1) is 7.65. The minimum atomic E-state index is -0.196. The van der Waals surface area contributed by atoms with Gasteiger partial charge < -0.3 is 0 Å². The van der Waals surface area contributed by atoms with Crippen molar-refractivity contribution >= 4 is 11.8 Å².